The first kappa shape index (κ1) is 17.5. The summed E-state index contributed by atoms with van der Waals surface area (Å²) >= 11 is 1.27. The Morgan fingerprint density at radius 2 is 1.88 bits per heavy atom. The first-order valence-electron chi connectivity index (χ1n) is 8.51. The Hall–Kier alpha value is -1.94. The Labute approximate surface area is 154 Å². The van der Waals surface area contributed by atoms with Crippen molar-refractivity contribution < 1.29 is 18.7 Å². The third-order valence-electron chi connectivity index (χ3n) is 4.55. The second kappa shape index (κ2) is 7.36. The molecule has 0 radical (unpaired) electrons. The lowest BCUT2D eigenvalue weighted by Crippen LogP contribution is -2.44. The minimum atomic E-state index is -0.391. The Kier molecular flexibility index (Phi) is 4.94. The van der Waals surface area contributed by atoms with Crippen molar-refractivity contribution >= 4 is 22.9 Å². The van der Waals surface area contributed by atoms with Gasteiger partial charge in [-0.1, -0.05) is 11.3 Å². The number of carbonyl (C=O) groups is 1. The smallest absolute Gasteiger partial charge is 0.286 e. The molecule has 1 N–H and O–H groups in total. The number of halogens is 1. The van der Waals surface area contributed by atoms with Crippen LogP contribution in [-0.4, -0.2) is 53.1 Å². The van der Waals surface area contributed by atoms with Gasteiger partial charge in [0.05, 0.1) is 19.8 Å². The zero-order chi connectivity index (χ0) is 18.0. The maximum atomic E-state index is 12.9. The van der Waals surface area contributed by atoms with E-state index in [2.05, 4.69) is 20.4 Å². The minimum absolute atomic E-state index is 0.292. The summed E-state index contributed by atoms with van der Waals surface area (Å²) in [4.78, 5) is 14.5. The molecule has 1 aromatic heterocycles. The topological polar surface area (TPSA) is 76.6 Å². The highest BCUT2D eigenvalue weighted by atomic mass is 32.1. The van der Waals surface area contributed by atoms with Gasteiger partial charge in [-0.3, -0.25) is 9.69 Å². The van der Waals surface area contributed by atoms with Crippen LogP contribution in [0.3, 0.4) is 0 Å². The average molecular weight is 378 g/mol. The number of ether oxygens (including phenoxy) is 2. The lowest BCUT2D eigenvalue weighted by molar-refractivity contribution is -0.185. The van der Waals surface area contributed by atoms with Gasteiger partial charge in [0.1, 0.15) is 10.8 Å². The molecule has 4 rings (SSSR count). The van der Waals surface area contributed by atoms with Crippen LogP contribution in [0.1, 0.15) is 27.7 Å². The van der Waals surface area contributed by atoms with Crippen molar-refractivity contribution in [2.45, 2.75) is 25.2 Å². The van der Waals surface area contributed by atoms with Crippen molar-refractivity contribution in [2.24, 2.45) is 0 Å². The van der Waals surface area contributed by atoms with Gasteiger partial charge in [0, 0.05) is 31.6 Å². The fraction of sp³-hybridized carbons (Fsp3) is 0.471. The highest BCUT2D eigenvalue weighted by Gasteiger charge is 2.39. The molecule has 2 fully saturated rings. The lowest BCUT2D eigenvalue weighted by Gasteiger charge is -2.37. The van der Waals surface area contributed by atoms with Crippen molar-refractivity contribution in [1.29, 1.82) is 0 Å². The van der Waals surface area contributed by atoms with E-state index in [0.29, 0.717) is 30.5 Å². The van der Waals surface area contributed by atoms with E-state index < -0.39 is 5.79 Å². The number of nitrogens with one attached hydrogen (secondary N) is 1. The summed E-state index contributed by atoms with van der Waals surface area (Å²) in [5, 5.41) is 11.9. The predicted octanol–water partition coefficient (Wildman–Crippen LogP) is 2.27. The quantitative estimate of drug-likeness (QED) is 0.880. The monoisotopic (exact) mass is 378 g/mol. The summed E-state index contributed by atoms with van der Waals surface area (Å²) in [5.74, 6) is -1.08. The van der Waals surface area contributed by atoms with Crippen molar-refractivity contribution in [3.05, 3.63) is 40.1 Å². The third-order valence-corrected chi connectivity index (χ3v) is 5.46. The number of hydrogen-bond donors (Lipinski definition) is 1. The fourth-order valence-electron chi connectivity index (χ4n) is 3.16. The maximum Gasteiger partial charge on any atom is 0.286 e. The number of anilines is 1. The Morgan fingerprint density at radius 3 is 2.58 bits per heavy atom. The molecule has 0 saturated carbocycles. The molecule has 2 aliphatic rings. The van der Waals surface area contributed by atoms with Crippen molar-refractivity contribution in [3.63, 3.8) is 0 Å². The van der Waals surface area contributed by atoms with Gasteiger partial charge < -0.3 is 14.8 Å². The molecule has 2 saturated heterocycles. The summed E-state index contributed by atoms with van der Waals surface area (Å²) in [5.41, 5.74) is 0.519. The van der Waals surface area contributed by atoms with Crippen LogP contribution in [0.2, 0.25) is 0 Å². The Balaban J connectivity index is 1.31. The second-order valence-corrected chi connectivity index (χ2v) is 7.41. The van der Waals surface area contributed by atoms with E-state index in [0.717, 1.165) is 30.9 Å². The molecule has 0 unspecified atom stereocenters. The number of rotatable bonds is 4. The van der Waals surface area contributed by atoms with Crippen LogP contribution in [0.4, 0.5) is 10.1 Å². The summed E-state index contributed by atoms with van der Waals surface area (Å²) < 4.78 is 24.4. The summed E-state index contributed by atoms with van der Waals surface area (Å²) in [6.07, 6.45) is 1.67. The predicted molar refractivity (Wildman–Crippen MR) is 93.4 cm³/mol. The van der Waals surface area contributed by atoms with Crippen molar-refractivity contribution in [3.8, 4) is 0 Å². The van der Waals surface area contributed by atoms with Gasteiger partial charge in [-0.15, -0.1) is 10.2 Å². The number of carbonyl (C=O) groups excluding carboxylic acids is 1. The van der Waals surface area contributed by atoms with Crippen LogP contribution in [0.15, 0.2) is 24.3 Å². The molecule has 7 nitrogen and oxygen atoms in total. The van der Waals surface area contributed by atoms with Gasteiger partial charge in [0.2, 0.25) is 5.01 Å². The standard InChI is InChI=1S/C17H19FN4O3S/c18-12-1-3-13(4-2-12)19-15(23)16-21-20-14(26-16)11-22-7-5-17(6-8-22)24-9-10-25-17/h1-4H,5-11H2,(H,19,23). The van der Waals surface area contributed by atoms with Gasteiger partial charge in [-0.05, 0) is 24.3 Å². The largest absolute Gasteiger partial charge is 0.347 e. The van der Waals surface area contributed by atoms with E-state index in [4.69, 9.17) is 9.47 Å². The molecule has 2 aromatic rings. The van der Waals surface area contributed by atoms with E-state index in [1.54, 1.807) is 0 Å². The number of amides is 1. The van der Waals surface area contributed by atoms with Gasteiger partial charge in [-0.25, -0.2) is 4.39 Å². The molecule has 1 amide bonds. The van der Waals surface area contributed by atoms with E-state index in [1.807, 2.05) is 0 Å². The zero-order valence-corrected chi connectivity index (χ0v) is 14.9. The fourth-order valence-corrected chi connectivity index (χ4v) is 3.93. The Bertz CT molecular complexity index is 767. The number of piperidine rings is 1. The SMILES string of the molecule is O=C(Nc1ccc(F)cc1)c1nnc(CN2CCC3(CC2)OCCO3)s1. The number of benzene rings is 1. The molecule has 2 aliphatic heterocycles. The molecule has 138 valence electrons. The van der Waals surface area contributed by atoms with E-state index >= 15 is 0 Å². The van der Waals surface area contributed by atoms with E-state index in [1.165, 1.54) is 35.6 Å². The van der Waals surface area contributed by atoms with Crippen LogP contribution < -0.4 is 5.32 Å². The van der Waals surface area contributed by atoms with Crippen molar-refractivity contribution in [2.75, 3.05) is 31.6 Å². The highest BCUT2D eigenvalue weighted by Crippen LogP contribution is 2.31. The first-order valence-corrected chi connectivity index (χ1v) is 9.33. The molecular weight excluding hydrogens is 359 g/mol. The highest BCUT2D eigenvalue weighted by molar-refractivity contribution is 7.13. The van der Waals surface area contributed by atoms with Crippen LogP contribution in [0.25, 0.3) is 0 Å². The summed E-state index contributed by atoms with van der Waals surface area (Å²) in [6.45, 7) is 3.71. The zero-order valence-electron chi connectivity index (χ0n) is 14.1. The number of likely N-dealkylation sites (tertiary alicyclic amines) is 1. The first-order chi connectivity index (χ1) is 12.6. The van der Waals surface area contributed by atoms with Crippen LogP contribution in [0, 0.1) is 5.82 Å². The molecule has 1 spiro atoms. The van der Waals surface area contributed by atoms with Crippen LogP contribution in [-0.2, 0) is 16.0 Å². The van der Waals surface area contributed by atoms with E-state index in [9.17, 15) is 9.18 Å². The second-order valence-electron chi connectivity index (χ2n) is 6.35. The van der Waals surface area contributed by atoms with Crippen molar-refractivity contribution in [1.82, 2.24) is 15.1 Å². The molecule has 1 aromatic carbocycles. The number of aromatic nitrogens is 2. The lowest BCUT2D eigenvalue weighted by atomic mass is 10.0. The number of hydrogen-bond acceptors (Lipinski definition) is 7. The average Bonchev–Trinajstić information content (AvgIpc) is 3.29. The molecule has 0 bridgehead atoms. The maximum absolute atomic E-state index is 12.9. The molecule has 0 aliphatic carbocycles. The summed E-state index contributed by atoms with van der Waals surface area (Å²) in [6, 6.07) is 5.60. The van der Waals surface area contributed by atoms with Crippen LogP contribution >= 0.6 is 11.3 Å². The minimum Gasteiger partial charge on any atom is -0.347 e. The third kappa shape index (κ3) is 3.90. The Morgan fingerprint density at radius 1 is 1.19 bits per heavy atom. The molecule has 3 heterocycles. The van der Waals surface area contributed by atoms with Gasteiger partial charge in [0.15, 0.2) is 5.79 Å². The van der Waals surface area contributed by atoms with E-state index in [-0.39, 0.29) is 11.7 Å². The van der Waals surface area contributed by atoms with Gasteiger partial charge in [-0.2, -0.15) is 0 Å². The normalized spacial score (nSPS) is 19.7. The van der Waals surface area contributed by atoms with Crippen LogP contribution in [0.5, 0.6) is 0 Å². The van der Waals surface area contributed by atoms with Gasteiger partial charge in [0.25, 0.3) is 5.91 Å². The molecule has 26 heavy (non-hydrogen) atoms. The summed E-state index contributed by atoms with van der Waals surface area (Å²) in [7, 11) is 0. The number of nitrogens with zero attached hydrogens (tertiary/aromatic N) is 3. The molecular formula is C17H19FN4O3S. The molecule has 0 atom stereocenters. The molecule has 9 heteroatoms. The van der Waals surface area contributed by atoms with Gasteiger partial charge >= 0.3 is 0 Å².